The van der Waals surface area contributed by atoms with Gasteiger partial charge in [-0.1, -0.05) is 18.3 Å². The molecule has 6 heteroatoms. The minimum absolute atomic E-state index is 0.105. The summed E-state index contributed by atoms with van der Waals surface area (Å²) in [6, 6.07) is 3.73. The van der Waals surface area contributed by atoms with E-state index in [9.17, 15) is 8.78 Å². The predicted octanol–water partition coefficient (Wildman–Crippen LogP) is 4.00. The van der Waals surface area contributed by atoms with Crippen LogP contribution in [0.3, 0.4) is 0 Å². The molecule has 20 heavy (non-hydrogen) atoms. The largest absolute Gasteiger partial charge is 0.490 e. The van der Waals surface area contributed by atoms with Gasteiger partial charge in [0.15, 0.2) is 5.13 Å². The quantitative estimate of drug-likeness (QED) is 0.911. The van der Waals surface area contributed by atoms with Crippen molar-refractivity contribution in [3.63, 3.8) is 0 Å². The van der Waals surface area contributed by atoms with Crippen LogP contribution in [0.1, 0.15) is 25.3 Å². The van der Waals surface area contributed by atoms with E-state index in [1.165, 1.54) is 11.3 Å². The van der Waals surface area contributed by atoms with Crippen molar-refractivity contribution in [1.82, 2.24) is 4.98 Å². The molecule has 0 amide bonds. The van der Waals surface area contributed by atoms with E-state index in [1.54, 1.807) is 0 Å². The van der Waals surface area contributed by atoms with Crippen molar-refractivity contribution in [3.05, 3.63) is 17.7 Å². The Morgan fingerprint density at radius 3 is 2.80 bits per heavy atom. The van der Waals surface area contributed by atoms with Gasteiger partial charge in [-0.3, -0.25) is 0 Å². The first-order valence-corrected chi connectivity index (χ1v) is 7.37. The molecule has 0 radical (unpaired) electrons. The Labute approximate surface area is 119 Å². The van der Waals surface area contributed by atoms with E-state index in [2.05, 4.69) is 4.98 Å². The van der Waals surface area contributed by atoms with E-state index in [-0.39, 0.29) is 18.8 Å². The summed E-state index contributed by atoms with van der Waals surface area (Å²) in [5, 5.41) is 0.498. The molecular weight excluding hydrogens is 282 g/mol. The summed E-state index contributed by atoms with van der Waals surface area (Å²) in [6.07, 6.45) is -0.755. The zero-order valence-corrected chi connectivity index (χ0v) is 12.1. The Balaban J connectivity index is 1.89. The van der Waals surface area contributed by atoms with E-state index >= 15 is 0 Å². The highest BCUT2D eigenvalue weighted by atomic mass is 32.1. The molecule has 1 fully saturated rings. The molecule has 0 aliphatic heterocycles. The molecule has 0 saturated heterocycles. The molecule has 108 valence electrons. The van der Waals surface area contributed by atoms with Gasteiger partial charge in [-0.05, 0) is 30.5 Å². The summed E-state index contributed by atoms with van der Waals surface area (Å²) in [5.74, 6) is -2.11. The van der Waals surface area contributed by atoms with Crippen molar-refractivity contribution in [2.75, 3.05) is 5.73 Å². The highest BCUT2D eigenvalue weighted by Crippen LogP contribution is 2.41. The fourth-order valence-electron chi connectivity index (χ4n) is 2.71. The van der Waals surface area contributed by atoms with Gasteiger partial charge in [-0.2, -0.15) is 0 Å². The second-order valence-electron chi connectivity index (χ2n) is 5.54. The van der Waals surface area contributed by atoms with E-state index in [0.717, 1.165) is 15.8 Å². The van der Waals surface area contributed by atoms with Crippen molar-refractivity contribution < 1.29 is 13.5 Å². The number of rotatable bonds is 2. The molecular formula is C14H16F2N2OS. The molecule has 1 unspecified atom stereocenters. The summed E-state index contributed by atoms with van der Waals surface area (Å²) in [7, 11) is 0. The first-order valence-electron chi connectivity index (χ1n) is 6.55. The van der Waals surface area contributed by atoms with Crippen LogP contribution < -0.4 is 10.5 Å². The molecule has 2 atom stereocenters. The fourth-order valence-corrected chi connectivity index (χ4v) is 3.45. The first-order chi connectivity index (χ1) is 9.34. The minimum atomic E-state index is -2.61. The SMILES string of the molecule is Cc1cc2nc(N)sc2cc1O[C@@H]1CC(F)(F)CC1C. The van der Waals surface area contributed by atoms with Gasteiger partial charge in [0.1, 0.15) is 11.9 Å². The Morgan fingerprint density at radius 1 is 1.40 bits per heavy atom. The lowest BCUT2D eigenvalue weighted by Crippen LogP contribution is -2.20. The molecule has 1 aromatic carbocycles. The molecule has 1 heterocycles. The van der Waals surface area contributed by atoms with E-state index in [1.807, 2.05) is 26.0 Å². The molecule has 3 rings (SSSR count). The third kappa shape index (κ3) is 2.44. The van der Waals surface area contributed by atoms with Crippen molar-refractivity contribution >= 4 is 26.7 Å². The molecule has 1 saturated carbocycles. The number of halogens is 2. The Hall–Kier alpha value is -1.43. The molecule has 0 spiro atoms. The first kappa shape index (κ1) is 13.5. The van der Waals surface area contributed by atoms with Gasteiger partial charge in [-0.15, -0.1) is 0 Å². The van der Waals surface area contributed by atoms with Crippen LogP contribution in [-0.4, -0.2) is 17.0 Å². The van der Waals surface area contributed by atoms with Gasteiger partial charge >= 0.3 is 0 Å². The lowest BCUT2D eigenvalue weighted by molar-refractivity contribution is -0.00177. The standard InChI is InChI=1S/C14H16F2N2OS/c1-7-3-9-12(20-13(17)18-9)4-10(7)19-11-6-14(15,16)5-8(11)2/h3-4,8,11H,5-6H2,1-2H3,(H2,17,18)/t8?,11-/m1/s1. The van der Waals surface area contributed by atoms with Crippen LogP contribution in [0.4, 0.5) is 13.9 Å². The van der Waals surface area contributed by atoms with Crippen molar-refractivity contribution in [1.29, 1.82) is 0 Å². The average molecular weight is 298 g/mol. The van der Waals surface area contributed by atoms with E-state index in [4.69, 9.17) is 10.5 Å². The lowest BCUT2D eigenvalue weighted by Gasteiger charge is -2.18. The van der Waals surface area contributed by atoms with Crippen LogP contribution >= 0.6 is 11.3 Å². The number of thiazole rings is 1. The van der Waals surface area contributed by atoms with Crippen LogP contribution in [-0.2, 0) is 0 Å². The number of nitrogen functional groups attached to an aromatic ring is 1. The zero-order valence-electron chi connectivity index (χ0n) is 11.3. The number of anilines is 1. The van der Waals surface area contributed by atoms with Crippen LogP contribution in [0.25, 0.3) is 10.2 Å². The summed E-state index contributed by atoms with van der Waals surface area (Å²) < 4.78 is 33.5. The number of hydrogen-bond acceptors (Lipinski definition) is 4. The van der Waals surface area contributed by atoms with Crippen LogP contribution in [0, 0.1) is 12.8 Å². The van der Waals surface area contributed by atoms with E-state index in [0.29, 0.717) is 10.9 Å². The Bertz CT molecular complexity index is 656. The molecule has 1 aromatic heterocycles. The number of ether oxygens (including phenoxy) is 1. The fraction of sp³-hybridized carbons (Fsp3) is 0.500. The maximum atomic E-state index is 13.4. The molecule has 1 aliphatic carbocycles. The minimum Gasteiger partial charge on any atom is -0.490 e. The maximum Gasteiger partial charge on any atom is 0.252 e. The number of benzene rings is 1. The van der Waals surface area contributed by atoms with Crippen LogP contribution in [0.2, 0.25) is 0 Å². The highest BCUT2D eigenvalue weighted by molar-refractivity contribution is 7.22. The molecule has 2 aromatic rings. The smallest absolute Gasteiger partial charge is 0.252 e. The second kappa shape index (κ2) is 4.55. The predicted molar refractivity (Wildman–Crippen MR) is 76.5 cm³/mol. The number of hydrogen-bond donors (Lipinski definition) is 1. The van der Waals surface area contributed by atoms with Crippen LogP contribution in [0.5, 0.6) is 5.75 Å². The zero-order chi connectivity index (χ0) is 14.5. The molecule has 0 bridgehead atoms. The van der Waals surface area contributed by atoms with E-state index < -0.39 is 12.0 Å². The van der Waals surface area contributed by atoms with Gasteiger partial charge in [-0.25, -0.2) is 13.8 Å². The van der Waals surface area contributed by atoms with Gasteiger partial charge < -0.3 is 10.5 Å². The number of aromatic nitrogens is 1. The number of nitrogens with two attached hydrogens (primary N) is 1. The number of fused-ring (bicyclic) bond motifs is 1. The topological polar surface area (TPSA) is 48.1 Å². The highest BCUT2D eigenvalue weighted by Gasteiger charge is 2.45. The maximum absolute atomic E-state index is 13.4. The van der Waals surface area contributed by atoms with Gasteiger partial charge in [0, 0.05) is 12.8 Å². The van der Waals surface area contributed by atoms with Crippen molar-refractivity contribution in [3.8, 4) is 5.75 Å². The molecule has 3 nitrogen and oxygen atoms in total. The monoisotopic (exact) mass is 298 g/mol. The van der Waals surface area contributed by atoms with Crippen molar-refractivity contribution in [2.45, 2.75) is 38.7 Å². The summed E-state index contributed by atoms with van der Waals surface area (Å²) in [6.45, 7) is 3.70. The van der Waals surface area contributed by atoms with Crippen LogP contribution in [0.15, 0.2) is 12.1 Å². The molecule has 2 N–H and O–H groups in total. The normalized spacial score (nSPS) is 25.2. The third-order valence-electron chi connectivity index (χ3n) is 3.74. The summed E-state index contributed by atoms with van der Waals surface area (Å²) in [5.41, 5.74) is 7.39. The number of nitrogens with zero attached hydrogens (tertiary/aromatic N) is 1. The number of aryl methyl sites for hydroxylation is 1. The number of alkyl halides is 2. The Morgan fingerprint density at radius 2 is 2.15 bits per heavy atom. The van der Waals surface area contributed by atoms with Gasteiger partial charge in [0.2, 0.25) is 0 Å². The summed E-state index contributed by atoms with van der Waals surface area (Å²) in [4.78, 5) is 4.21. The summed E-state index contributed by atoms with van der Waals surface area (Å²) >= 11 is 1.37. The van der Waals surface area contributed by atoms with Gasteiger partial charge in [0.05, 0.1) is 10.2 Å². The molecule has 1 aliphatic rings. The lowest BCUT2D eigenvalue weighted by atomic mass is 10.1. The van der Waals surface area contributed by atoms with Crippen molar-refractivity contribution in [2.24, 2.45) is 5.92 Å². The average Bonchev–Trinajstić information content (AvgIpc) is 2.78. The second-order valence-corrected chi connectivity index (χ2v) is 6.60. The Kier molecular flexibility index (Phi) is 3.08. The van der Waals surface area contributed by atoms with Gasteiger partial charge in [0.25, 0.3) is 5.92 Å². The third-order valence-corrected chi connectivity index (χ3v) is 4.58.